The second-order valence-corrected chi connectivity index (χ2v) is 11.7. The molecule has 0 unspecified atom stereocenters. The minimum absolute atomic E-state index is 0.170. The van der Waals surface area contributed by atoms with Crippen LogP contribution in [-0.2, 0) is 19.0 Å². The largest absolute Gasteiger partial charge is 0.463 e. The van der Waals surface area contributed by atoms with Crippen LogP contribution in [0.15, 0.2) is 35.9 Å². The number of hydrogen-bond acceptors (Lipinski definition) is 9. The highest BCUT2D eigenvalue weighted by Crippen LogP contribution is 2.30. The maximum Gasteiger partial charge on any atom is 0.421 e. The van der Waals surface area contributed by atoms with Crippen LogP contribution in [0.25, 0.3) is 11.6 Å². The highest BCUT2D eigenvalue weighted by molar-refractivity contribution is 8.76. The molecule has 1 aromatic carbocycles. The van der Waals surface area contributed by atoms with Gasteiger partial charge in [0, 0.05) is 17.9 Å². The van der Waals surface area contributed by atoms with Gasteiger partial charge in [0.05, 0.1) is 0 Å². The van der Waals surface area contributed by atoms with Crippen LogP contribution in [0.3, 0.4) is 0 Å². The zero-order valence-electron chi connectivity index (χ0n) is 21.1. The van der Waals surface area contributed by atoms with Gasteiger partial charge < -0.3 is 19.5 Å². The topological polar surface area (TPSA) is 129 Å². The fourth-order valence-corrected chi connectivity index (χ4v) is 4.95. The third-order valence-corrected chi connectivity index (χ3v) is 7.12. The number of esters is 1. The van der Waals surface area contributed by atoms with Crippen molar-refractivity contribution in [3.8, 4) is 0 Å². The quantitative estimate of drug-likeness (QED) is 0.0700. The fourth-order valence-electron chi connectivity index (χ4n) is 3.29. The molecule has 9 nitrogen and oxygen atoms in total. The summed E-state index contributed by atoms with van der Waals surface area (Å²) in [5.41, 5.74) is 5.45. The number of allylic oxidation sites excluding steroid dienone is 2. The molecular weight excluding hydrogens is 502 g/mol. The molecule has 0 saturated heterocycles. The third kappa shape index (κ3) is 11.0. The van der Waals surface area contributed by atoms with Crippen molar-refractivity contribution >= 4 is 51.4 Å². The number of rotatable bonds is 11. The summed E-state index contributed by atoms with van der Waals surface area (Å²) in [7, 11) is 2.96. The van der Waals surface area contributed by atoms with E-state index in [-0.39, 0.29) is 19.6 Å². The number of hydrazine groups is 1. The first-order chi connectivity index (χ1) is 17.1. The lowest BCUT2D eigenvalue weighted by Crippen LogP contribution is -2.44. The summed E-state index contributed by atoms with van der Waals surface area (Å²) in [5.74, 6) is 5.51. The zero-order valence-corrected chi connectivity index (χ0v) is 22.8. The summed E-state index contributed by atoms with van der Waals surface area (Å²) in [6.45, 7) is 7.74. The van der Waals surface area contributed by atoms with Gasteiger partial charge in [-0.15, -0.1) is 0 Å². The Bertz CT molecular complexity index is 975. The van der Waals surface area contributed by atoms with Crippen LogP contribution in [0.4, 0.5) is 9.59 Å². The van der Waals surface area contributed by atoms with Gasteiger partial charge in [-0.1, -0.05) is 63.6 Å². The van der Waals surface area contributed by atoms with Crippen molar-refractivity contribution < 1.29 is 28.6 Å². The predicted octanol–water partition coefficient (Wildman–Crippen LogP) is 4.68. The van der Waals surface area contributed by atoms with Crippen LogP contribution in [0.5, 0.6) is 0 Å². The summed E-state index contributed by atoms with van der Waals surface area (Å²) >= 11 is 0. The molecule has 0 radical (unpaired) electrons. The zero-order chi connectivity index (χ0) is 26.6. The summed E-state index contributed by atoms with van der Waals surface area (Å²) in [6, 6.07) is 7.08. The molecule has 0 bridgehead atoms. The van der Waals surface area contributed by atoms with Crippen molar-refractivity contribution in [3.63, 3.8) is 0 Å². The molecule has 4 N–H and O–H groups in total. The molecule has 1 atom stereocenters. The van der Waals surface area contributed by atoms with Crippen LogP contribution in [0, 0.1) is 0 Å². The lowest BCUT2D eigenvalue weighted by molar-refractivity contribution is -0.145. The Morgan fingerprint density at radius 3 is 2.39 bits per heavy atom. The first kappa shape index (κ1) is 29.6. The Hall–Kier alpha value is -2.63. The van der Waals surface area contributed by atoms with E-state index in [4.69, 9.17) is 20.1 Å². The molecular formula is C25H35N3O6S2. The fraction of sp³-hybridized carbons (Fsp3) is 0.480. The van der Waals surface area contributed by atoms with Crippen molar-refractivity contribution in [2.75, 3.05) is 24.7 Å². The first-order valence-electron chi connectivity index (χ1n) is 11.6. The first-order valence-corrected chi connectivity index (χ1v) is 14.1. The number of benzene rings is 1. The Morgan fingerprint density at radius 2 is 1.72 bits per heavy atom. The monoisotopic (exact) mass is 537 g/mol. The molecule has 36 heavy (non-hydrogen) atoms. The third-order valence-electron chi connectivity index (χ3n) is 4.79. The molecule has 0 saturated carbocycles. The molecule has 198 valence electrons. The Labute approximate surface area is 220 Å². The van der Waals surface area contributed by atoms with Crippen LogP contribution < -0.4 is 16.6 Å². The van der Waals surface area contributed by atoms with E-state index in [0.29, 0.717) is 11.5 Å². The Kier molecular flexibility index (Phi) is 12.2. The maximum absolute atomic E-state index is 13.0. The van der Waals surface area contributed by atoms with Crippen LogP contribution in [-0.4, -0.2) is 54.5 Å². The van der Waals surface area contributed by atoms with Gasteiger partial charge in [0.15, 0.2) is 0 Å². The van der Waals surface area contributed by atoms with Crippen LogP contribution in [0.1, 0.15) is 51.7 Å². The van der Waals surface area contributed by atoms with Gasteiger partial charge in [-0.05, 0) is 50.8 Å². The van der Waals surface area contributed by atoms with E-state index in [1.54, 1.807) is 20.8 Å². The molecule has 1 aromatic rings. The average molecular weight is 538 g/mol. The van der Waals surface area contributed by atoms with Gasteiger partial charge in [0.25, 0.3) is 0 Å². The van der Waals surface area contributed by atoms with Crippen molar-refractivity contribution in [3.05, 3.63) is 47.0 Å². The molecule has 1 aliphatic carbocycles. The SMILES string of the molecule is CC1=Cc2ccccc2C(C[C@@H](NC(=O)OC(C)(C)C)C(=O)OCCSSCCOC(=O)NN)=CC1. The minimum atomic E-state index is -0.904. The number of nitrogens with one attached hydrogen (secondary N) is 2. The predicted molar refractivity (Wildman–Crippen MR) is 145 cm³/mol. The number of alkyl carbamates (subject to hydrolysis) is 1. The number of carbonyl (C=O) groups is 3. The summed E-state index contributed by atoms with van der Waals surface area (Å²) in [6.07, 6.45) is 3.90. The standard InChI is InChI=1S/C25H35N3O6S2/c1-17-9-10-19(20-8-6-5-7-18(20)15-17)16-21(27-23(30)34-25(2,3)4)22(29)32-11-13-35-36-14-12-33-24(31)28-26/h5-8,10,15,21H,9,11-14,16,26H2,1-4H3,(H,27,30)(H,28,31)/t21-/m1/s1. The molecule has 0 fully saturated rings. The van der Waals surface area contributed by atoms with E-state index in [9.17, 15) is 14.4 Å². The second-order valence-electron chi connectivity index (χ2n) is 9.01. The van der Waals surface area contributed by atoms with Gasteiger partial charge in [-0.25, -0.2) is 20.2 Å². The number of fused-ring (bicyclic) bond motifs is 1. The number of ether oxygens (including phenoxy) is 3. The average Bonchev–Trinajstić information content (AvgIpc) is 2.97. The van der Waals surface area contributed by atoms with Crippen molar-refractivity contribution in [1.29, 1.82) is 0 Å². The smallest absolute Gasteiger partial charge is 0.421 e. The van der Waals surface area contributed by atoms with Crippen LogP contribution in [0.2, 0.25) is 0 Å². The normalized spacial score (nSPS) is 13.8. The van der Waals surface area contributed by atoms with E-state index in [0.717, 1.165) is 23.1 Å². The van der Waals surface area contributed by atoms with Crippen molar-refractivity contribution in [2.45, 2.75) is 52.2 Å². The van der Waals surface area contributed by atoms with E-state index in [1.807, 2.05) is 29.7 Å². The van der Waals surface area contributed by atoms with Gasteiger partial charge in [-0.2, -0.15) is 0 Å². The molecule has 1 aliphatic rings. The van der Waals surface area contributed by atoms with Crippen molar-refractivity contribution in [2.24, 2.45) is 5.84 Å². The molecule has 0 spiro atoms. The second kappa shape index (κ2) is 14.8. The molecule has 11 heteroatoms. The molecule has 2 rings (SSSR count). The highest BCUT2D eigenvalue weighted by Gasteiger charge is 2.27. The lowest BCUT2D eigenvalue weighted by atomic mass is 9.95. The molecule has 0 aromatic heterocycles. The van der Waals surface area contributed by atoms with Gasteiger partial charge >= 0.3 is 18.2 Å². The van der Waals surface area contributed by atoms with E-state index >= 15 is 0 Å². The number of hydrogen-bond donors (Lipinski definition) is 3. The summed E-state index contributed by atoms with van der Waals surface area (Å²) in [4.78, 5) is 36.4. The van der Waals surface area contributed by atoms with Gasteiger partial charge in [-0.3, -0.25) is 5.43 Å². The highest BCUT2D eigenvalue weighted by atomic mass is 33.1. The molecule has 2 amide bonds. The molecule has 0 heterocycles. The Morgan fingerprint density at radius 1 is 1.06 bits per heavy atom. The van der Waals surface area contributed by atoms with E-state index in [1.165, 1.54) is 27.2 Å². The number of amides is 2. The van der Waals surface area contributed by atoms with Crippen LogP contribution >= 0.6 is 21.6 Å². The Balaban J connectivity index is 1.98. The van der Waals surface area contributed by atoms with E-state index < -0.39 is 29.8 Å². The van der Waals surface area contributed by atoms with Gasteiger partial charge in [0.1, 0.15) is 24.9 Å². The number of nitrogens with two attached hydrogens (primary N) is 1. The van der Waals surface area contributed by atoms with Crippen molar-refractivity contribution in [1.82, 2.24) is 10.7 Å². The lowest BCUT2D eigenvalue weighted by Gasteiger charge is -2.24. The molecule has 0 aliphatic heterocycles. The maximum atomic E-state index is 13.0. The number of carbonyl (C=O) groups excluding carboxylic acids is 3. The minimum Gasteiger partial charge on any atom is -0.463 e. The van der Waals surface area contributed by atoms with E-state index in [2.05, 4.69) is 24.4 Å². The van der Waals surface area contributed by atoms with Gasteiger partial charge in [0.2, 0.25) is 0 Å². The summed E-state index contributed by atoms with van der Waals surface area (Å²) < 4.78 is 15.7. The summed E-state index contributed by atoms with van der Waals surface area (Å²) in [5, 5.41) is 2.70.